The number of hydrogen-bond donors (Lipinski definition) is 2. The molecule has 0 saturated heterocycles. The predicted octanol–water partition coefficient (Wildman–Crippen LogP) is 3.15. The number of hydrogen-bond acceptors (Lipinski definition) is 1. The molecule has 3 nitrogen and oxygen atoms in total. The molecule has 0 atom stereocenters. The standard InChI is InChI=1S/C15H24N2O/c1-11-6-7-13(8-12(11)2)9-16-14(18)17-10-15(3,4)5/h6-8H,9-10H2,1-5H3,(H2,16,17,18). The van der Waals surface area contributed by atoms with Crippen molar-refractivity contribution in [3.8, 4) is 0 Å². The van der Waals surface area contributed by atoms with E-state index in [2.05, 4.69) is 57.4 Å². The number of amides is 2. The molecule has 0 heterocycles. The van der Waals surface area contributed by atoms with Crippen molar-refractivity contribution in [1.29, 1.82) is 0 Å². The first-order chi connectivity index (χ1) is 8.28. The third-order valence-electron chi connectivity index (χ3n) is 2.80. The normalized spacial score (nSPS) is 11.2. The second-order valence-electron chi connectivity index (χ2n) is 6.02. The van der Waals surface area contributed by atoms with Gasteiger partial charge in [-0.3, -0.25) is 0 Å². The van der Waals surface area contributed by atoms with Crippen molar-refractivity contribution in [2.75, 3.05) is 6.54 Å². The molecule has 3 heteroatoms. The van der Waals surface area contributed by atoms with Gasteiger partial charge in [0.1, 0.15) is 0 Å². The van der Waals surface area contributed by atoms with Crippen LogP contribution in [0.3, 0.4) is 0 Å². The van der Waals surface area contributed by atoms with Crippen LogP contribution in [0.5, 0.6) is 0 Å². The number of benzene rings is 1. The molecule has 1 rings (SSSR count). The van der Waals surface area contributed by atoms with Gasteiger partial charge >= 0.3 is 6.03 Å². The lowest BCUT2D eigenvalue weighted by molar-refractivity contribution is 0.235. The quantitative estimate of drug-likeness (QED) is 0.847. The van der Waals surface area contributed by atoms with E-state index in [4.69, 9.17) is 0 Å². The van der Waals surface area contributed by atoms with Crippen LogP contribution < -0.4 is 10.6 Å². The van der Waals surface area contributed by atoms with Crippen LogP contribution in [0, 0.1) is 19.3 Å². The molecule has 2 amide bonds. The van der Waals surface area contributed by atoms with Gasteiger partial charge in [-0.1, -0.05) is 39.0 Å². The van der Waals surface area contributed by atoms with Crippen molar-refractivity contribution in [3.05, 3.63) is 34.9 Å². The Morgan fingerprint density at radius 3 is 2.33 bits per heavy atom. The first kappa shape index (κ1) is 14.6. The van der Waals surface area contributed by atoms with E-state index in [0.717, 1.165) is 5.56 Å². The Bertz CT molecular complexity index is 419. The first-order valence-electron chi connectivity index (χ1n) is 6.36. The lowest BCUT2D eigenvalue weighted by atomic mass is 9.97. The van der Waals surface area contributed by atoms with Crippen LogP contribution in [0.4, 0.5) is 4.79 Å². The molecule has 0 bridgehead atoms. The van der Waals surface area contributed by atoms with Gasteiger partial charge < -0.3 is 10.6 Å². The fraction of sp³-hybridized carbons (Fsp3) is 0.533. The van der Waals surface area contributed by atoms with E-state index in [9.17, 15) is 4.79 Å². The predicted molar refractivity (Wildman–Crippen MR) is 75.6 cm³/mol. The van der Waals surface area contributed by atoms with Crippen LogP contribution >= 0.6 is 0 Å². The molecule has 1 aromatic carbocycles. The van der Waals surface area contributed by atoms with E-state index >= 15 is 0 Å². The molecule has 0 radical (unpaired) electrons. The van der Waals surface area contributed by atoms with Gasteiger partial charge in [-0.2, -0.15) is 0 Å². The summed E-state index contributed by atoms with van der Waals surface area (Å²) in [5.74, 6) is 0. The minimum Gasteiger partial charge on any atom is -0.338 e. The highest BCUT2D eigenvalue weighted by atomic mass is 16.2. The van der Waals surface area contributed by atoms with Crippen LogP contribution in [-0.4, -0.2) is 12.6 Å². The van der Waals surface area contributed by atoms with E-state index < -0.39 is 0 Å². The molecule has 0 aliphatic carbocycles. The Kier molecular flexibility index (Phi) is 4.76. The van der Waals surface area contributed by atoms with E-state index in [1.807, 2.05) is 6.07 Å². The molecule has 100 valence electrons. The van der Waals surface area contributed by atoms with Crippen molar-refractivity contribution in [2.24, 2.45) is 5.41 Å². The smallest absolute Gasteiger partial charge is 0.315 e. The molecule has 0 fully saturated rings. The monoisotopic (exact) mass is 248 g/mol. The zero-order valence-electron chi connectivity index (χ0n) is 12.1. The highest BCUT2D eigenvalue weighted by Gasteiger charge is 2.11. The number of urea groups is 1. The van der Waals surface area contributed by atoms with Gasteiger partial charge in [0.2, 0.25) is 0 Å². The number of carbonyl (C=O) groups excluding carboxylic acids is 1. The summed E-state index contributed by atoms with van der Waals surface area (Å²) in [6.45, 7) is 11.7. The third-order valence-corrected chi connectivity index (χ3v) is 2.80. The SMILES string of the molecule is Cc1ccc(CNC(=O)NCC(C)(C)C)cc1C. The number of aryl methyl sites for hydroxylation is 2. The van der Waals surface area contributed by atoms with Gasteiger partial charge in [-0.15, -0.1) is 0 Å². The third kappa shape index (κ3) is 5.21. The second kappa shape index (κ2) is 5.89. The Balaban J connectivity index is 2.40. The molecule has 0 aromatic heterocycles. The average Bonchev–Trinajstić information content (AvgIpc) is 2.27. The van der Waals surface area contributed by atoms with Crippen LogP contribution in [0.1, 0.15) is 37.5 Å². The molecule has 2 N–H and O–H groups in total. The van der Waals surface area contributed by atoms with Gasteiger partial charge in [0, 0.05) is 13.1 Å². The highest BCUT2D eigenvalue weighted by Crippen LogP contribution is 2.10. The molecule has 0 aliphatic heterocycles. The minimum atomic E-state index is -0.108. The summed E-state index contributed by atoms with van der Waals surface area (Å²) in [5.41, 5.74) is 3.77. The summed E-state index contributed by atoms with van der Waals surface area (Å²) in [5, 5.41) is 5.74. The van der Waals surface area contributed by atoms with Gasteiger partial charge in [0.15, 0.2) is 0 Å². The molecule has 0 aliphatic rings. The number of nitrogens with one attached hydrogen (secondary N) is 2. The van der Waals surface area contributed by atoms with E-state index in [0.29, 0.717) is 13.1 Å². The maximum atomic E-state index is 11.6. The average molecular weight is 248 g/mol. The Morgan fingerprint density at radius 2 is 1.78 bits per heavy atom. The summed E-state index contributed by atoms with van der Waals surface area (Å²) >= 11 is 0. The summed E-state index contributed by atoms with van der Waals surface area (Å²) in [6, 6.07) is 6.13. The van der Waals surface area contributed by atoms with Gasteiger partial charge in [0.05, 0.1) is 0 Å². The van der Waals surface area contributed by atoms with Crippen molar-refractivity contribution in [2.45, 2.75) is 41.2 Å². The molecule has 0 saturated carbocycles. The molecule has 1 aromatic rings. The molecule has 18 heavy (non-hydrogen) atoms. The Morgan fingerprint density at radius 1 is 1.11 bits per heavy atom. The highest BCUT2D eigenvalue weighted by molar-refractivity contribution is 5.73. The summed E-state index contributed by atoms with van der Waals surface area (Å²) in [6.07, 6.45) is 0. The molecule has 0 unspecified atom stereocenters. The summed E-state index contributed by atoms with van der Waals surface area (Å²) < 4.78 is 0. The molecule has 0 spiro atoms. The Labute approximate surface area is 110 Å². The number of rotatable bonds is 3. The van der Waals surface area contributed by atoms with Crippen LogP contribution in [0.2, 0.25) is 0 Å². The zero-order valence-corrected chi connectivity index (χ0v) is 12.1. The van der Waals surface area contributed by atoms with Crippen molar-refractivity contribution < 1.29 is 4.79 Å². The fourth-order valence-corrected chi connectivity index (χ4v) is 1.50. The topological polar surface area (TPSA) is 41.1 Å². The fourth-order valence-electron chi connectivity index (χ4n) is 1.50. The van der Waals surface area contributed by atoms with Crippen molar-refractivity contribution in [3.63, 3.8) is 0 Å². The largest absolute Gasteiger partial charge is 0.338 e. The van der Waals surface area contributed by atoms with E-state index in [1.54, 1.807) is 0 Å². The van der Waals surface area contributed by atoms with Crippen LogP contribution in [-0.2, 0) is 6.54 Å². The summed E-state index contributed by atoms with van der Waals surface area (Å²) in [7, 11) is 0. The molecular formula is C15H24N2O. The maximum Gasteiger partial charge on any atom is 0.315 e. The molecular weight excluding hydrogens is 224 g/mol. The zero-order chi connectivity index (χ0) is 13.8. The lowest BCUT2D eigenvalue weighted by Gasteiger charge is -2.19. The lowest BCUT2D eigenvalue weighted by Crippen LogP contribution is -2.39. The van der Waals surface area contributed by atoms with Crippen molar-refractivity contribution >= 4 is 6.03 Å². The van der Waals surface area contributed by atoms with Crippen LogP contribution in [0.25, 0.3) is 0 Å². The van der Waals surface area contributed by atoms with E-state index in [-0.39, 0.29) is 11.4 Å². The summed E-state index contributed by atoms with van der Waals surface area (Å²) in [4.78, 5) is 11.6. The Hall–Kier alpha value is -1.51. The minimum absolute atomic E-state index is 0.108. The van der Waals surface area contributed by atoms with Gasteiger partial charge in [-0.25, -0.2) is 4.79 Å². The van der Waals surface area contributed by atoms with Crippen molar-refractivity contribution in [1.82, 2.24) is 10.6 Å². The van der Waals surface area contributed by atoms with Crippen LogP contribution in [0.15, 0.2) is 18.2 Å². The second-order valence-corrected chi connectivity index (χ2v) is 6.02. The van der Waals surface area contributed by atoms with E-state index in [1.165, 1.54) is 11.1 Å². The van der Waals surface area contributed by atoms with Gasteiger partial charge in [-0.05, 0) is 36.0 Å². The van der Waals surface area contributed by atoms with Gasteiger partial charge in [0.25, 0.3) is 0 Å². The number of carbonyl (C=O) groups is 1. The maximum absolute atomic E-state index is 11.6. The first-order valence-corrected chi connectivity index (χ1v) is 6.36.